The molecule has 1 N–H and O–H groups in total. The molecule has 30 heavy (non-hydrogen) atoms. The molecule has 2 heterocycles. The van der Waals surface area contributed by atoms with E-state index in [0.717, 1.165) is 38.4 Å². The standard InChI is InChI=1S/C21H40N4O4S/c1-6-22-19(23-14-18-10-13-30(27,28)16-18)25-11-8-17(9-12-25)15-24(7-2)20(26)29-21(3,4)5/h17-18H,6-16H2,1-5H3,(H,22,23). The lowest BCUT2D eigenvalue weighted by atomic mass is 9.96. The normalized spacial score (nSPS) is 22.8. The van der Waals surface area contributed by atoms with Crippen LogP contribution in [0.1, 0.15) is 53.9 Å². The summed E-state index contributed by atoms with van der Waals surface area (Å²) in [6, 6.07) is 0. The number of carbonyl (C=O) groups is 1. The summed E-state index contributed by atoms with van der Waals surface area (Å²) in [6.07, 6.45) is 2.45. The summed E-state index contributed by atoms with van der Waals surface area (Å²) in [4.78, 5) is 21.2. The summed E-state index contributed by atoms with van der Waals surface area (Å²) < 4.78 is 28.9. The van der Waals surface area contributed by atoms with Gasteiger partial charge in [-0.3, -0.25) is 4.99 Å². The second kappa shape index (κ2) is 10.7. The number of carbonyl (C=O) groups excluding carboxylic acids is 1. The van der Waals surface area contributed by atoms with Crippen molar-refractivity contribution in [1.82, 2.24) is 15.1 Å². The number of likely N-dealkylation sites (tertiary alicyclic amines) is 1. The molecule has 0 spiro atoms. The van der Waals surface area contributed by atoms with Gasteiger partial charge in [-0.1, -0.05) is 0 Å². The van der Waals surface area contributed by atoms with E-state index in [2.05, 4.69) is 10.2 Å². The monoisotopic (exact) mass is 444 g/mol. The number of amides is 1. The van der Waals surface area contributed by atoms with Crippen molar-refractivity contribution in [2.45, 2.75) is 59.5 Å². The van der Waals surface area contributed by atoms with Gasteiger partial charge in [-0.15, -0.1) is 0 Å². The quantitative estimate of drug-likeness (QED) is 0.499. The van der Waals surface area contributed by atoms with Crippen LogP contribution in [0.5, 0.6) is 0 Å². The molecule has 2 aliphatic heterocycles. The molecule has 1 atom stereocenters. The largest absolute Gasteiger partial charge is 0.444 e. The van der Waals surface area contributed by atoms with Crippen LogP contribution in [0.25, 0.3) is 0 Å². The van der Waals surface area contributed by atoms with E-state index in [4.69, 9.17) is 9.73 Å². The number of hydrogen-bond donors (Lipinski definition) is 1. The Balaban J connectivity index is 1.87. The molecule has 2 fully saturated rings. The zero-order valence-electron chi connectivity index (χ0n) is 19.3. The second-order valence-corrected chi connectivity index (χ2v) is 11.6. The number of hydrogen-bond acceptors (Lipinski definition) is 5. The van der Waals surface area contributed by atoms with Crippen molar-refractivity contribution in [3.63, 3.8) is 0 Å². The number of ether oxygens (including phenoxy) is 1. The molecule has 2 rings (SSSR count). The molecule has 0 aromatic rings. The molecule has 1 amide bonds. The van der Waals surface area contributed by atoms with Gasteiger partial charge in [0.15, 0.2) is 15.8 Å². The van der Waals surface area contributed by atoms with E-state index in [0.29, 0.717) is 37.7 Å². The van der Waals surface area contributed by atoms with Crippen LogP contribution in [0.15, 0.2) is 4.99 Å². The molecule has 1 unspecified atom stereocenters. The van der Waals surface area contributed by atoms with E-state index < -0.39 is 15.4 Å². The molecule has 0 aliphatic carbocycles. The van der Waals surface area contributed by atoms with Crippen molar-refractivity contribution in [2.75, 3.05) is 50.8 Å². The SMILES string of the molecule is CCNC(=NCC1CCS(=O)(=O)C1)N1CCC(CN(CC)C(=O)OC(C)(C)C)CC1. The fourth-order valence-corrected chi connectivity index (χ4v) is 5.81. The molecule has 8 nitrogen and oxygen atoms in total. The van der Waals surface area contributed by atoms with Gasteiger partial charge < -0.3 is 19.9 Å². The maximum atomic E-state index is 12.4. The van der Waals surface area contributed by atoms with Crippen molar-refractivity contribution < 1.29 is 17.9 Å². The van der Waals surface area contributed by atoms with Crippen molar-refractivity contribution in [2.24, 2.45) is 16.8 Å². The molecule has 9 heteroatoms. The predicted octanol–water partition coefficient (Wildman–Crippen LogP) is 2.36. The topological polar surface area (TPSA) is 91.3 Å². The van der Waals surface area contributed by atoms with E-state index in [-0.39, 0.29) is 17.8 Å². The fraction of sp³-hybridized carbons (Fsp3) is 0.905. The molecule has 2 saturated heterocycles. The van der Waals surface area contributed by atoms with Crippen LogP contribution in [0.3, 0.4) is 0 Å². The van der Waals surface area contributed by atoms with Gasteiger partial charge in [-0.25, -0.2) is 13.2 Å². The van der Waals surface area contributed by atoms with Gasteiger partial charge in [0.1, 0.15) is 5.60 Å². The molecule has 174 valence electrons. The molecular formula is C21H40N4O4S. The van der Waals surface area contributed by atoms with Gasteiger partial charge in [0.05, 0.1) is 11.5 Å². The van der Waals surface area contributed by atoms with Gasteiger partial charge in [0, 0.05) is 39.3 Å². The van der Waals surface area contributed by atoms with Crippen LogP contribution in [0, 0.1) is 11.8 Å². The molecule has 0 bridgehead atoms. The number of sulfone groups is 1. The van der Waals surface area contributed by atoms with Crippen molar-refractivity contribution in [3.8, 4) is 0 Å². The summed E-state index contributed by atoms with van der Waals surface area (Å²) >= 11 is 0. The highest BCUT2D eigenvalue weighted by Crippen LogP contribution is 2.21. The van der Waals surface area contributed by atoms with Gasteiger partial charge >= 0.3 is 6.09 Å². The van der Waals surface area contributed by atoms with E-state index in [1.54, 1.807) is 4.90 Å². The van der Waals surface area contributed by atoms with Crippen LogP contribution >= 0.6 is 0 Å². The highest BCUT2D eigenvalue weighted by molar-refractivity contribution is 7.91. The number of guanidine groups is 1. The number of nitrogens with one attached hydrogen (secondary N) is 1. The van der Waals surface area contributed by atoms with Gasteiger partial charge in [-0.2, -0.15) is 0 Å². The summed E-state index contributed by atoms with van der Waals surface area (Å²) in [5.41, 5.74) is -0.482. The number of piperidine rings is 1. The van der Waals surface area contributed by atoms with E-state index in [1.807, 2.05) is 34.6 Å². The first-order valence-electron chi connectivity index (χ1n) is 11.2. The fourth-order valence-electron chi connectivity index (χ4n) is 3.96. The average molecular weight is 445 g/mol. The van der Waals surface area contributed by atoms with Crippen LogP contribution in [0.2, 0.25) is 0 Å². The lowest BCUT2D eigenvalue weighted by Crippen LogP contribution is -2.48. The smallest absolute Gasteiger partial charge is 0.410 e. The first kappa shape index (κ1) is 24.8. The third kappa shape index (κ3) is 7.96. The summed E-state index contributed by atoms with van der Waals surface area (Å²) in [5, 5.41) is 3.35. The zero-order valence-corrected chi connectivity index (χ0v) is 20.1. The van der Waals surface area contributed by atoms with Crippen LogP contribution in [0.4, 0.5) is 4.79 Å². The predicted molar refractivity (Wildman–Crippen MR) is 121 cm³/mol. The minimum atomic E-state index is -2.87. The first-order chi connectivity index (χ1) is 14.0. The van der Waals surface area contributed by atoms with Crippen LogP contribution in [-0.4, -0.2) is 86.6 Å². The third-order valence-electron chi connectivity index (χ3n) is 5.59. The maximum Gasteiger partial charge on any atom is 0.410 e. The first-order valence-corrected chi connectivity index (χ1v) is 13.1. The molecule has 0 aromatic heterocycles. The van der Waals surface area contributed by atoms with E-state index >= 15 is 0 Å². The van der Waals surface area contributed by atoms with E-state index in [1.165, 1.54) is 0 Å². The minimum absolute atomic E-state index is 0.133. The highest BCUT2D eigenvalue weighted by atomic mass is 32.2. The summed E-state index contributed by atoms with van der Waals surface area (Å²) in [6.45, 7) is 14.2. The van der Waals surface area contributed by atoms with Gasteiger partial charge in [-0.05, 0) is 65.7 Å². The molecule has 0 saturated carbocycles. The number of aliphatic imine (C=N–C) groups is 1. The van der Waals surface area contributed by atoms with Crippen molar-refractivity contribution >= 4 is 21.9 Å². The molecule has 2 aliphatic rings. The Morgan fingerprint density at radius 2 is 1.83 bits per heavy atom. The zero-order chi connectivity index (χ0) is 22.4. The van der Waals surface area contributed by atoms with Crippen LogP contribution in [-0.2, 0) is 14.6 Å². The Labute approximate surface area is 182 Å². The van der Waals surface area contributed by atoms with E-state index in [9.17, 15) is 13.2 Å². The number of rotatable bonds is 6. The lowest BCUT2D eigenvalue weighted by Gasteiger charge is -2.36. The Bertz CT molecular complexity index is 694. The van der Waals surface area contributed by atoms with Crippen LogP contribution < -0.4 is 5.32 Å². The Morgan fingerprint density at radius 3 is 2.33 bits per heavy atom. The van der Waals surface area contributed by atoms with Crippen molar-refractivity contribution in [1.29, 1.82) is 0 Å². The average Bonchev–Trinajstić information content (AvgIpc) is 3.01. The lowest BCUT2D eigenvalue weighted by molar-refractivity contribution is 0.0214. The van der Waals surface area contributed by atoms with Crippen molar-refractivity contribution in [3.05, 3.63) is 0 Å². The maximum absolute atomic E-state index is 12.4. The Kier molecular flexibility index (Phi) is 8.82. The number of nitrogens with zero attached hydrogens (tertiary/aromatic N) is 3. The van der Waals surface area contributed by atoms with Gasteiger partial charge in [0.2, 0.25) is 0 Å². The second-order valence-electron chi connectivity index (χ2n) is 9.41. The Morgan fingerprint density at radius 1 is 1.17 bits per heavy atom. The third-order valence-corrected chi connectivity index (χ3v) is 7.42. The summed E-state index contributed by atoms with van der Waals surface area (Å²) in [5.74, 6) is 2.00. The summed E-state index contributed by atoms with van der Waals surface area (Å²) in [7, 11) is -2.87. The minimum Gasteiger partial charge on any atom is -0.444 e. The highest BCUT2D eigenvalue weighted by Gasteiger charge is 2.29. The molecular weight excluding hydrogens is 404 g/mol. The molecule has 0 radical (unpaired) electrons. The van der Waals surface area contributed by atoms with Gasteiger partial charge in [0.25, 0.3) is 0 Å². The molecule has 0 aromatic carbocycles. The Hall–Kier alpha value is -1.51.